The summed E-state index contributed by atoms with van der Waals surface area (Å²) in [4.78, 5) is 13.4. The lowest BCUT2D eigenvalue weighted by Gasteiger charge is -2.24. The first kappa shape index (κ1) is 9.99. The fourth-order valence-electron chi connectivity index (χ4n) is 0.983. The van der Waals surface area contributed by atoms with Gasteiger partial charge in [0, 0.05) is 17.7 Å². The second-order valence-electron chi connectivity index (χ2n) is 3.82. The first-order chi connectivity index (χ1) is 5.43. The number of rotatable bonds is 0. The lowest BCUT2D eigenvalue weighted by molar-refractivity contribution is -0.134. The van der Waals surface area contributed by atoms with Gasteiger partial charge in [-0.3, -0.25) is 9.69 Å². The zero-order valence-corrected chi connectivity index (χ0v) is 9.22. The molecule has 1 saturated heterocycles. The van der Waals surface area contributed by atoms with Crippen molar-refractivity contribution in [3.05, 3.63) is 0 Å². The van der Waals surface area contributed by atoms with Gasteiger partial charge in [0.05, 0.1) is 0 Å². The molecule has 1 aliphatic rings. The van der Waals surface area contributed by atoms with Crippen LogP contribution in [0.4, 0.5) is 0 Å². The predicted molar refractivity (Wildman–Crippen MR) is 56.2 cm³/mol. The van der Waals surface area contributed by atoms with Gasteiger partial charge in [-0.15, -0.1) is 0 Å². The fraction of sp³-hybridized carbons (Fsp3) is 0.750. The molecule has 1 rings (SSSR count). The molecule has 0 aliphatic carbocycles. The minimum absolute atomic E-state index is 0.137. The van der Waals surface area contributed by atoms with Gasteiger partial charge >= 0.3 is 0 Å². The van der Waals surface area contributed by atoms with Crippen LogP contribution in [0.15, 0.2) is 0 Å². The highest BCUT2D eigenvalue weighted by atomic mass is 32.2. The summed E-state index contributed by atoms with van der Waals surface area (Å²) in [6, 6.07) is 0. The molecule has 0 unspecified atom stereocenters. The van der Waals surface area contributed by atoms with Gasteiger partial charge in [0.2, 0.25) is 5.91 Å². The van der Waals surface area contributed by atoms with E-state index in [0.717, 1.165) is 16.6 Å². The summed E-state index contributed by atoms with van der Waals surface area (Å²) in [5.74, 6) is 1.08. The normalized spacial score (nSPS) is 18.6. The van der Waals surface area contributed by atoms with Crippen LogP contribution in [-0.4, -0.2) is 27.4 Å². The molecule has 12 heavy (non-hydrogen) atoms. The quantitative estimate of drug-likeness (QED) is 0.561. The van der Waals surface area contributed by atoms with E-state index in [1.807, 2.05) is 20.8 Å². The van der Waals surface area contributed by atoms with Gasteiger partial charge in [-0.1, -0.05) is 44.8 Å². The zero-order chi connectivity index (χ0) is 9.35. The van der Waals surface area contributed by atoms with Crippen LogP contribution in [0, 0.1) is 5.41 Å². The summed E-state index contributed by atoms with van der Waals surface area (Å²) in [6.07, 6.45) is 0. The van der Waals surface area contributed by atoms with Gasteiger partial charge in [-0.2, -0.15) is 0 Å². The number of thioether (sulfide) groups is 1. The number of hydrogen-bond donors (Lipinski definition) is 0. The third kappa shape index (κ3) is 1.98. The van der Waals surface area contributed by atoms with E-state index in [2.05, 4.69) is 0 Å². The fourth-order valence-corrected chi connectivity index (χ4v) is 2.19. The standard InChI is InChI=1S/C8H13NOS2/c1-8(2,3)6(10)9-4-5-12-7(9)11/h4-5H2,1-3H3. The minimum atomic E-state index is -0.311. The van der Waals surface area contributed by atoms with Gasteiger partial charge < -0.3 is 0 Å². The van der Waals surface area contributed by atoms with Gasteiger partial charge in [0.15, 0.2) is 0 Å². The number of hydrogen-bond acceptors (Lipinski definition) is 3. The monoisotopic (exact) mass is 203 g/mol. The maximum atomic E-state index is 11.7. The van der Waals surface area contributed by atoms with Crippen LogP contribution in [-0.2, 0) is 4.79 Å². The van der Waals surface area contributed by atoms with Crippen LogP contribution in [0.25, 0.3) is 0 Å². The highest BCUT2D eigenvalue weighted by molar-refractivity contribution is 8.23. The zero-order valence-electron chi connectivity index (χ0n) is 7.59. The molecular weight excluding hydrogens is 190 g/mol. The van der Waals surface area contributed by atoms with Crippen LogP contribution < -0.4 is 0 Å². The predicted octanol–water partition coefficient (Wildman–Crippen LogP) is 1.89. The van der Waals surface area contributed by atoms with E-state index in [1.54, 1.807) is 16.7 Å². The van der Waals surface area contributed by atoms with Crippen molar-refractivity contribution >= 4 is 34.2 Å². The molecular formula is C8H13NOS2. The van der Waals surface area contributed by atoms with Crippen LogP contribution in [0.5, 0.6) is 0 Å². The van der Waals surface area contributed by atoms with Crippen molar-refractivity contribution < 1.29 is 4.79 Å². The van der Waals surface area contributed by atoms with E-state index in [-0.39, 0.29) is 11.3 Å². The summed E-state index contributed by atoms with van der Waals surface area (Å²) in [7, 11) is 0. The molecule has 1 amide bonds. The molecule has 1 heterocycles. The molecule has 0 bridgehead atoms. The van der Waals surface area contributed by atoms with Gasteiger partial charge in [-0.25, -0.2) is 0 Å². The summed E-state index contributed by atoms with van der Waals surface area (Å²) in [5, 5.41) is 0. The van der Waals surface area contributed by atoms with Crippen LogP contribution >= 0.6 is 24.0 Å². The topological polar surface area (TPSA) is 20.3 Å². The maximum absolute atomic E-state index is 11.7. The Hall–Kier alpha value is -0.0900. The largest absolute Gasteiger partial charge is 0.296 e. The Balaban J connectivity index is 2.71. The lowest BCUT2D eigenvalue weighted by atomic mass is 9.95. The SMILES string of the molecule is CC(C)(C)C(=O)N1CCSC1=S. The molecule has 0 saturated carbocycles. The molecule has 0 aromatic carbocycles. The number of amides is 1. The van der Waals surface area contributed by atoms with E-state index < -0.39 is 0 Å². The van der Waals surface area contributed by atoms with Crippen molar-refractivity contribution in [1.29, 1.82) is 0 Å². The average Bonchev–Trinajstić information content (AvgIpc) is 2.31. The Morgan fingerprint density at radius 3 is 2.50 bits per heavy atom. The molecule has 0 radical (unpaired) electrons. The number of carbonyl (C=O) groups is 1. The lowest BCUT2D eigenvalue weighted by Crippen LogP contribution is -2.39. The highest BCUT2D eigenvalue weighted by Gasteiger charge is 2.32. The maximum Gasteiger partial charge on any atom is 0.233 e. The Bertz CT molecular complexity index is 220. The number of carbonyl (C=O) groups excluding carboxylic acids is 1. The third-order valence-electron chi connectivity index (χ3n) is 1.65. The van der Waals surface area contributed by atoms with Crippen molar-refractivity contribution in [2.45, 2.75) is 20.8 Å². The Morgan fingerprint density at radius 2 is 2.17 bits per heavy atom. The second-order valence-corrected chi connectivity index (χ2v) is 5.55. The van der Waals surface area contributed by atoms with Gasteiger partial charge in [0.25, 0.3) is 0 Å². The average molecular weight is 203 g/mol. The van der Waals surface area contributed by atoms with E-state index in [4.69, 9.17) is 12.2 Å². The van der Waals surface area contributed by atoms with E-state index in [0.29, 0.717) is 0 Å². The smallest absolute Gasteiger partial charge is 0.233 e. The summed E-state index contributed by atoms with van der Waals surface area (Å²) in [6.45, 7) is 6.53. The molecule has 0 N–H and O–H groups in total. The molecule has 0 aromatic rings. The van der Waals surface area contributed by atoms with Crippen molar-refractivity contribution in [3.8, 4) is 0 Å². The summed E-state index contributed by atoms with van der Waals surface area (Å²) >= 11 is 6.64. The van der Waals surface area contributed by atoms with Crippen molar-refractivity contribution in [3.63, 3.8) is 0 Å². The molecule has 0 aromatic heterocycles. The number of nitrogens with zero attached hydrogens (tertiary/aromatic N) is 1. The van der Waals surface area contributed by atoms with Crippen molar-refractivity contribution in [2.24, 2.45) is 5.41 Å². The Kier molecular flexibility index (Phi) is 2.78. The summed E-state index contributed by atoms with van der Waals surface area (Å²) in [5.41, 5.74) is -0.311. The molecule has 1 aliphatic heterocycles. The molecule has 4 heteroatoms. The Morgan fingerprint density at radius 1 is 1.58 bits per heavy atom. The van der Waals surface area contributed by atoms with Crippen molar-refractivity contribution in [1.82, 2.24) is 4.90 Å². The van der Waals surface area contributed by atoms with Gasteiger partial charge in [-0.05, 0) is 0 Å². The van der Waals surface area contributed by atoms with E-state index in [9.17, 15) is 4.79 Å². The second kappa shape index (κ2) is 3.34. The third-order valence-corrected chi connectivity index (χ3v) is 3.08. The van der Waals surface area contributed by atoms with E-state index >= 15 is 0 Å². The van der Waals surface area contributed by atoms with Crippen LogP contribution in [0.3, 0.4) is 0 Å². The van der Waals surface area contributed by atoms with E-state index in [1.165, 1.54) is 0 Å². The Labute approximate surface area is 82.7 Å². The molecule has 0 atom stereocenters. The van der Waals surface area contributed by atoms with Crippen LogP contribution in [0.2, 0.25) is 0 Å². The molecule has 68 valence electrons. The summed E-state index contributed by atoms with van der Waals surface area (Å²) < 4.78 is 0.731. The van der Waals surface area contributed by atoms with Gasteiger partial charge in [0.1, 0.15) is 4.32 Å². The first-order valence-corrected chi connectivity index (χ1v) is 5.31. The first-order valence-electron chi connectivity index (χ1n) is 3.91. The van der Waals surface area contributed by atoms with Crippen molar-refractivity contribution in [2.75, 3.05) is 12.3 Å². The molecule has 0 spiro atoms. The highest BCUT2D eigenvalue weighted by Crippen LogP contribution is 2.24. The number of thiocarbonyl (C=S) groups is 1. The van der Waals surface area contributed by atoms with Crippen LogP contribution in [0.1, 0.15) is 20.8 Å². The molecule has 1 fully saturated rings. The molecule has 2 nitrogen and oxygen atoms in total. The minimum Gasteiger partial charge on any atom is -0.296 e.